The minimum Gasteiger partial charge on any atom is -0.433 e. The zero-order chi connectivity index (χ0) is 28.4. The molecule has 40 heavy (non-hydrogen) atoms. The first-order valence-corrected chi connectivity index (χ1v) is 12.7. The van der Waals surface area contributed by atoms with Gasteiger partial charge < -0.3 is 14.6 Å². The van der Waals surface area contributed by atoms with E-state index in [4.69, 9.17) is 4.42 Å². The van der Waals surface area contributed by atoms with Crippen molar-refractivity contribution in [3.05, 3.63) is 59.2 Å². The summed E-state index contributed by atoms with van der Waals surface area (Å²) < 4.78 is 44.8. The normalized spacial score (nSPS) is 14.5. The second-order valence-corrected chi connectivity index (χ2v) is 9.87. The van der Waals surface area contributed by atoms with Crippen LogP contribution in [-0.4, -0.2) is 50.5 Å². The maximum absolute atomic E-state index is 13.0. The van der Waals surface area contributed by atoms with Crippen LogP contribution < -0.4 is 10.2 Å². The molecule has 0 spiro atoms. The Balaban J connectivity index is 1.18. The number of halogens is 3. The van der Waals surface area contributed by atoms with Gasteiger partial charge in [0.05, 0.1) is 17.2 Å². The van der Waals surface area contributed by atoms with Crippen LogP contribution in [-0.2, 0) is 6.18 Å². The molecule has 5 rings (SSSR count). The summed E-state index contributed by atoms with van der Waals surface area (Å²) in [4.78, 5) is 35.0. The van der Waals surface area contributed by atoms with Crippen molar-refractivity contribution >= 4 is 23.0 Å². The van der Waals surface area contributed by atoms with E-state index in [0.717, 1.165) is 17.8 Å². The molecule has 1 amide bonds. The summed E-state index contributed by atoms with van der Waals surface area (Å²) in [6.07, 6.45) is 0.707. The molecule has 1 saturated heterocycles. The number of nitrogens with one attached hydrogen (secondary N) is 1. The lowest BCUT2D eigenvalue weighted by molar-refractivity contribution is -0.141. The van der Waals surface area contributed by atoms with Crippen molar-refractivity contribution in [3.8, 4) is 17.8 Å². The summed E-state index contributed by atoms with van der Waals surface area (Å²) in [5.74, 6) is 0.387. The molecule has 4 aromatic rings. The van der Waals surface area contributed by atoms with Crippen molar-refractivity contribution in [2.75, 3.05) is 24.5 Å². The van der Waals surface area contributed by atoms with Crippen molar-refractivity contribution in [1.82, 2.24) is 30.2 Å². The first kappa shape index (κ1) is 27.0. The Bertz CT molecular complexity index is 1570. The molecule has 0 radical (unpaired) electrons. The predicted octanol–water partition coefficient (Wildman–Crippen LogP) is 4.74. The standard InChI is InChI=1S/C27H25F3N8O2/c1-15(2)19-9-17(11-31)10-20-22(19)40-25(36-20)23-33-13-18(14-34-23)24(39)35-12-16-4-7-38(8-5-16)26-32-6-3-21(37-26)27(28,29)30/h3,6,9-10,13-16H,4-5,7-8,12H2,1-2H3,(H,35,39). The lowest BCUT2D eigenvalue weighted by Crippen LogP contribution is -2.39. The number of nitrogens with zero attached hydrogens (tertiary/aromatic N) is 7. The molecule has 1 aliphatic heterocycles. The molecular formula is C27H25F3N8O2. The van der Waals surface area contributed by atoms with Crippen LogP contribution in [0.4, 0.5) is 19.1 Å². The molecule has 1 aliphatic rings. The topological polar surface area (TPSA) is 134 Å². The molecule has 1 N–H and O–H groups in total. The second kappa shape index (κ2) is 10.9. The average molecular weight is 551 g/mol. The molecule has 10 nitrogen and oxygen atoms in total. The second-order valence-electron chi connectivity index (χ2n) is 9.87. The Morgan fingerprint density at radius 3 is 2.55 bits per heavy atom. The maximum Gasteiger partial charge on any atom is 0.433 e. The van der Waals surface area contributed by atoms with E-state index < -0.39 is 11.9 Å². The Kier molecular flexibility index (Phi) is 7.34. The number of benzene rings is 1. The van der Waals surface area contributed by atoms with Gasteiger partial charge in [-0.15, -0.1) is 0 Å². The molecule has 13 heteroatoms. The number of rotatable bonds is 6. The summed E-state index contributed by atoms with van der Waals surface area (Å²) in [6, 6.07) is 6.41. The number of fused-ring (bicyclic) bond motifs is 1. The first-order valence-electron chi connectivity index (χ1n) is 12.7. The average Bonchev–Trinajstić information content (AvgIpc) is 3.39. The van der Waals surface area contributed by atoms with Gasteiger partial charge in [-0.3, -0.25) is 4.79 Å². The molecule has 0 saturated carbocycles. The molecule has 3 aromatic heterocycles. The third kappa shape index (κ3) is 5.70. The van der Waals surface area contributed by atoms with E-state index in [0.29, 0.717) is 49.1 Å². The van der Waals surface area contributed by atoms with Gasteiger partial charge in [0.15, 0.2) is 5.58 Å². The number of hydrogen-bond donors (Lipinski definition) is 1. The number of oxazole rings is 1. The van der Waals surface area contributed by atoms with Crippen molar-refractivity contribution < 1.29 is 22.4 Å². The van der Waals surface area contributed by atoms with Crippen LogP contribution in [0.1, 0.15) is 59.8 Å². The number of amides is 1. The molecule has 1 fully saturated rings. The quantitative estimate of drug-likeness (QED) is 0.361. The fraction of sp³-hybridized carbons (Fsp3) is 0.370. The smallest absolute Gasteiger partial charge is 0.433 e. The zero-order valence-corrected chi connectivity index (χ0v) is 21.7. The lowest BCUT2D eigenvalue weighted by Gasteiger charge is -2.32. The van der Waals surface area contributed by atoms with Gasteiger partial charge in [0.1, 0.15) is 11.2 Å². The predicted molar refractivity (Wildman–Crippen MR) is 138 cm³/mol. The van der Waals surface area contributed by atoms with Crippen molar-refractivity contribution in [2.45, 2.75) is 38.8 Å². The van der Waals surface area contributed by atoms with Crippen LogP contribution in [0.3, 0.4) is 0 Å². The van der Waals surface area contributed by atoms with Gasteiger partial charge in [0, 0.05) is 43.8 Å². The number of nitriles is 1. The van der Waals surface area contributed by atoms with E-state index in [-0.39, 0.29) is 41.0 Å². The molecule has 0 unspecified atom stereocenters. The highest BCUT2D eigenvalue weighted by molar-refractivity contribution is 5.93. The molecule has 0 bridgehead atoms. The highest BCUT2D eigenvalue weighted by Gasteiger charge is 2.33. The van der Waals surface area contributed by atoms with Crippen LogP contribution in [0, 0.1) is 17.2 Å². The van der Waals surface area contributed by atoms with E-state index in [1.807, 2.05) is 13.8 Å². The largest absolute Gasteiger partial charge is 0.433 e. The van der Waals surface area contributed by atoms with Crippen LogP contribution >= 0.6 is 0 Å². The van der Waals surface area contributed by atoms with Crippen LogP contribution in [0.25, 0.3) is 22.8 Å². The zero-order valence-electron chi connectivity index (χ0n) is 21.7. The van der Waals surface area contributed by atoms with Crippen LogP contribution in [0.15, 0.2) is 41.2 Å². The van der Waals surface area contributed by atoms with E-state index >= 15 is 0 Å². The SMILES string of the molecule is CC(C)c1cc(C#N)cc2nc(-c3ncc(C(=O)NCC4CCN(c5nccc(C(F)(F)F)n5)CC4)cn3)oc12. The molecule has 4 heterocycles. The minimum absolute atomic E-state index is 0.0550. The Hall–Kier alpha value is -4.60. The fourth-order valence-electron chi connectivity index (χ4n) is 4.54. The third-order valence-corrected chi connectivity index (χ3v) is 6.76. The molecule has 0 aliphatic carbocycles. The van der Waals surface area contributed by atoms with Crippen molar-refractivity contribution in [2.24, 2.45) is 5.92 Å². The van der Waals surface area contributed by atoms with Gasteiger partial charge in [0.25, 0.3) is 11.8 Å². The molecule has 206 valence electrons. The summed E-state index contributed by atoms with van der Waals surface area (Å²) in [5.41, 5.74) is 1.75. The number of hydrogen-bond acceptors (Lipinski definition) is 9. The minimum atomic E-state index is -4.52. The van der Waals surface area contributed by atoms with Gasteiger partial charge in [-0.1, -0.05) is 13.8 Å². The van der Waals surface area contributed by atoms with E-state index in [1.165, 1.54) is 12.4 Å². The Morgan fingerprint density at radius 1 is 1.18 bits per heavy atom. The molecular weight excluding hydrogens is 525 g/mol. The number of piperidine rings is 1. The fourth-order valence-corrected chi connectivity index (χ4v) is 4.54. The molecule has 0 atom stereocenters. The number of carbonyl (C=O) groups excluding carboxylic acids is 1. The number of anilines is 1. The Morgan fingerprint density at radius 2 is 1.90 bits per heavy atom. The third-order valence-electron chi connectivity index (χ3n) is 6.76. The Labute approximate surface area is 227 Å². The lowest BCUT2D eigenvalue weighted by atomic mass is 9.97. The van der Waals surface area contributed by atoms with Crippen LogP contribution in [0.2, 0.25) is 0 Å². The highest BCUT2D eigenvalue weighted by Crippen LogP contribution is 2.31. The number of aromatic nitrogens is 5. The highest BCUT2D eigenvalue weighted by atomic mass is 19.4. The van der Waals surface area contributed by atoms with Crippen LogP contribution in [0.5, 0.6) is 0 Å². The van der Waals surface area contributed by atoms with Gasteiger partial charge in [-0.05, 0) is 42.9 Å². The number of alkyl halides is 3. The van der Waals surface area contributed by atoms with E-state index in [2.05, 4.69) is 36.3 Å². The first-order chi connectivity index (χ1) is 19.1. The summed E-state index contributed by atoms with van der Waals surface area (Å²) in [5, 5.41) is 12.2. The van der Waals surface area contributed by atoms with Gasteiger partial charge in [-0.25, -0.2) is 24.9 Å². The summed E-state index contributed by atoms with van der Waals surface area (Å²) in [7, 11) is 0. The van der Waals surface area contributed by atoms with E-state index in [1.54, 1.807) is 17.0 Å². The van der Waals surface area contributed by atoms with Crippen molar-refractivity contribution in [1.29, 1.82) is 5.26 Å². The summed E-state index contributed by atoms with van der Waals surface area (Å²) >= 11 is 0. The molecule has 1 aromatic carbocycles. The maximum atomic E-state index is 13.0. The monoisotopic (exact) mass is 550 g/mol. The van der Waals surface area contributed by atoms with Gasteiger partial charge in [-0.2, -0.15) is 18.4 Å². The number of carbonyl (C=O) groups is 1. The summed E-state index contributed by atoms with van der Waals surface area (Å²) in [6.45, 7) is 5.37. The van der Waals surface area contributed by atoms with E-state index in [9.17, 15) is 23.2 Å². The van der Waals surface area contributed by atoms with Gasteiger partial charge >= 0.3 is 6.18 Å². The van der Waals surface area contributed by atoms with Crippen molar-refractivity contribution in [3.63, 3.8) is 0 Å². The van der Waals surface area contributed by atoms with Gasteiger partial charge in [0.2, 0.25) is 11.8 Å².